The van der Waals surface area contributed by atoms with Crippen molar-refractivity contribution in [2.45, 2.75) is 25.5 Å². The van der Waals surface area contributed by atoms with Gasteiger partial charge in [0.25, 0.3) is 0 Å². The third kappa shape index (κ3) is 1.89. The van der Waals surface area contributed by atoms with Crippen molar-refractivity contribution in [1.82, 2.24) is 0 Å². The number of rotatable bonds is 2. The van der Waals surface area contributed by atoms with E-state index in [9.17, 15) is 0 Å². The van der Waals surface area contributed by atoms with Gasteiger partial charge in [-0.25, -0.2) is 0 Å². The van der Waals surface area contributed by atoms with E-state index in [1.807, 2.05) is 30.3 Å². The predicted octanol–water partition coefficient (Wildman–Crippen LogP) is 3.00. The summed E-state index contributed by atoms with van der Waals surface area (Å²) in [6, 6.07) is 16.4. The summed E-state index contributed by atoms with van der Waals surface area (Å²) in [5, 5.41) is 0. The van der Waals surface area contributed by atoms with Crippen LogP contribution in [0.3, 0.4) is 0 Å². The van der Waals surface area contributed by atoms with Crippen LogP contribution >= 0.6 is 0 Å². The SMILES string of the molecule is Cc1ccccc1C(N)C1Cc2ccccc2O1. The lowest BCUT2D eigenvalue weighted by Crippen LogP contribution is -2.30. The van der Waals surface area contributed by atoms with E-state index < -0.39 is 0 Å². The second-order valence-electron chi connectivity index (χ2n) is 4.85. The molecule has 0 saturated heterocycles. The first kappa shape index (κ1) is 11.3. The lowest BCUT2D eigenvalue weighted by molar-refractivity contribution is 0.199. The van der Waals surface area contributed by atoms with Crippen LogP contribution in [0.25, 0.3) is 0 Å². The van der Waals surface area contributed by atoms with Gasteiger partial charge in [-0.1, -0.05) is 42.5 Å². The second kappa shape index (κ2) is 4.46. The standard InChI is InChI=1S/C16H17NO/c1-11-6-2-4-8-13(11)16(17)15-10-12-7-3-5-9-14(12)18-15/h2-9,15-16H,10,17H2,1H3. The van der Waals surface area contributed by atoms with Crippen LogP contribution in [0.5, 0.6) is 5.75 Å². The summed E-state index contributed by atoms with van der Waals surface area (Å²) in [4.78, 5) is 0. The zero-order valence-electron chi connectivity index (χ0n) is 10.5. The number of para-hydroxylation sites is 1. The molecule has 92 valence electrons. The number of ether oxygens (including phenoxy) is 1. The fraction of sp³-hybridized carbons (Fsp3) is 0.250. The quantitative estimate of drug-likeness (QED) is 0.874. The number of aryl methyl sites for hydroxylation is 1. The van der Waals surface area contributed by atoms with E-state index in [0.717, 1.165) is 12.2 Å². The van der Waals surface area contributed by atoms with Crippen LogP contribution in [0, 0.1) is 6.92 Å². The molecule has 0 bridgehead atoms. The van der Waals surface area contributed by atoms with E-state index in [-0.39, 0.29) is 12.1 Å². The van der Waals surface area contributed by atoms with Gasteiger partial charge in [0.15, 0.2) is 0 Å². The fourth-order valence-electron chi connectivity index (χ4n) is 2.57. The van der Waals surface area contributed by atoms with Gasteiger partial charge in [0, 0.05) is 6.42 Å². The maximum Gasteiger partial charge on any atom is 0.123 e. The van der Waals surface area contributed by atoms with Crippen molar-refractivity contribution < 1.29 is 4.74 Å². The molecule has 2 aromatic rings. The van der Waals surface area contributed by atoms with E-state index in [1.54, 1.807) is 0 Å². The van der Waals surface area contributed by atoms with Crippen molar-refractivity contribution in [3.63, 3.8) is 0 Å². The first-order valence-electron chi connectivity index (χ1n) is 6.31. The zero-order chi connectivity index (χ0) is 12.5. The summed E-state index contributed by atoms with van der Waals surface area (Å²) in [5.41, 5.74) is 10.0. The Bertz CT molecular complexity index is 540. The Morgan fingerprint density at radius 2 is 1.83 bits per heavy atom. The minimum atomic E-state index is -0.0707. The van der Waals surface area contributed by atoms with Gasteiger partial charge in [-0.05, 0) is 29.7 Å². The van der Waals surface area contributed by atoms with Gasteiger partial charge in [-0.3, -0.25) is 0 Å². The molecule has 0 aliphatic carbocycles. The van der Waals surface area contributed by atoms with E-state index in [0.29, 0.717) is 0 Å². The largest absolute Gasteiger partial charge is 0.488 e. The molecule has 0 saturated carbocycles. The van der Waals surface area contributed by atoms with E-state index in [2.05, 4.69) is 25.1 Å². The van der Waals surface area contributed by atoms with Gasteiger partial charge in [0.2, 0.25) is 0 Å². The third-order valence-corrected chi connectivity index (χ3v) is 3.62. The lowest BCUT2D eigenvalue weighted by Gasteiger charge is -2.21. The molecule has 18 heavy (non-hydrogen) atoms. The van der Waals surface area contributed by atoms with Crippen molar-refractivity contribution in [2.75, 3.05) is 0 Å². The molecule has 3 rings (SSSR count). The summed E-state index contributed by atoms with van der Waals surface area (Å²) in [6.45, 7) is 2.09. The summed E-state index contributed by atoms with van der Waals surface area (Å²) < 4.78 is 5.95. The monoisotopic (exact) mass is 239 g/mol. The average molecular weight is 239 g/mol. The topological polar surface area (TPSA) is 35.2 Å². The highest BCUT2D eigenvalue weighted by atomic mass is 16.5. The van der Waals surface area contributed by atoms with Crippen molar-refractivity contribution in [1.29, 1.82) is 0 Å². The van der Waals surface area contributed by atoms with Gasteiger partial charge in [0.1, 0.15) is 11.9 Å². The number of fused-ring (bicyclic) bond motifs is 1. The molecule has 0 aromatic heterocycles. The summed E-state index contributed by atoms with van der Waals surface area (Å²) in [6.07, 6.45) is 0.939. The van der Waals surface area contributed by atoms with Crippen LogP contribution in [0.15, 0.2) is 48.5 Å². The van der Waals surface area contributed by atoms with Crippen molar-refractivity contribution in [3.05, 3.63) is 65.2 Å². The first-order chi connectivity index (χ1) is 8.75. The average Bonchev–Trinajstić information content (AvgIpc) is 2.82. The third-order valence-electron chi connectivity index (χ3n) is 3.62. The summed E-state index contributed by atoms with van der Waals surface area (Å²) >= 11 is 0. The number of benzene rings is 2. The molecule has 2 unspecified atom stereocenters. The fourth-order valence-corrected chi connectivity index (χ4v) is 2.57. The Morgan fingerprint density at radius 1 is 1.11 bits per heavy atom. The summed E-state index contributed by atoms with van der Waals surface area (Å²) in [5.74, 6) is 0.978. The van der Waals surface area contributed by atoms with Crippen molar-refractivity contribution >= 4 is 0 Å². The smallest absolute Gasteiger partial charge is 0.123 e. The van der Waals surface area contributed by atoms with Gasteiger partial charge in [0.05, 0.1) is 6.04 Å². The highest BCUT2D eigenvalue weighted by Gasteiger charge is 2.29. The highest BCUT2D eigenvalue weighted by Crippen LogP contribution is 2.33. The maximum atomic E-state index is 6.36. The second-order valence-corrected chi connectivity index (χ2v) is 4.85. The van der Waals surface area contributed by atoms with Gasteiger partial charge in [-0.15, -0.1) is 0 Å². The molecule has 0 fully saturated rings. The van der Waals surface area contributed by atoms with Crippen LogP contribution in [0.4, 0.5) is 0 Å². The maximum absolute atomic E-state index is 6.36. The molecule has 2 N–H and O–H groups in total. The molecule has 0 spiro atoms. The molecule has 1 heterocycles. The Hall–Kier alpha value is -1.80. The van der Waals surface area contributed by atoms with Crippen molar-refractivity contribution in [3.8, 4) is 5.75 Å². The first-order valence-corrected chi connectivity index (χ1v) is 6.31. The van der Waals surface area contributed by atoms with Crippen LogP contribution in [-0.4, -0.2) is 6.10 Å². The molecule has 2 nitrogen and oxygen atoms in total. The Labute approximate surface area is 107 Å². The molecule has 1 aliphatic heterocycles. The molecule has 0 amide bonds. The Morgan fingerprint density at radius 3 is 2.61 bits per heavy atom. The molecule has 2 atom stereocenters. The van der Waals surface area contributed by atoms with Crippen LogP contribution in [0.2, 0.25) is 0 Å². The number of nitrogens with two attached hydrogens (primary N) is 1. The summed E-state index contributed by atoms with van der Waals surface area (Å²) in [7, 11) is 0. The van der Waals surface area contributed by atoms with Crippen molar-refractivity contribution in [2.24, 2.45) is 5.73 Å². The number of hydrogen-bond acceptors (Lipinski definition) is 2. The van der Waals surface area contributed by atoms with Crippen LogP contribution in [0.1, 0.15) is 22.7 Å². The molecule has 2 heteroatoms. The molecular formula is C16H17NO. The molecule has 0 radical (unpaired) electrons. The van der Waals surface area contributed by atoms with Gasteiger partial charge < -0.3 is 10.5 Å². The normalized spacial score (nSPS) is 19.1. The van der Waals surface area contributed by atoms with E-state index in [1.165, 1.54) is 16.7 Å². The molecule has 1 aliphatic rings. The van der Waals surface area contributed by atoms with Gasteiger partial charge >= 0.3 is 0 Å². The lowest BCUT2D eigenvalue weighted by atomic mass is 9.95. The van der Waals surface area contributed by atoms with Gasteiger partial charge in [-0.2, -0.15) is 0 Å². The highest BCUT2D eigenvalue weighted by molar-refractivity contribution is 5.39. The van der Waals surface area contributed by atoms with E-state index >= 15 is 0 Å². The Kier molecular flexibility index (Phi) is 2.80. The zero-order valence-corrected chi connectivity index (χ0v) is 10.5. The minimum Gasteiger partial charge on any atom is -0.488 e. The van der Waals surface area contributed by atoms with Crippen LogP contribution < -0.4 is 10.5 Å². The van der Waals surface area contributed by atoms with Crippen LogP contribution in [-0.2, 0) is 6.42 Å². The minimum absolute atomic E-state index is 0.0449. The predicted molar refractivity (Wildman–Crippen MR) is 72.7 cm³/mol. The Balaban J connectivity index is 1.85. The van der Waals surface area contributed by atoms with E-state index in [4.69, 9.17) is 10.5 Å². The number of hydrogen-bond donors (Lipinski definition) is 1. The molecule has 2 aromatic carbocycles. The molecular weight excluding hydrogens is 222 g/mol.